The van der Waals surface area contributed by atoms with E-state index in [1.165, 1.54) is 6.20 Å². The van der Waals surface area contributed by atoms with Crippen LogP contribution >= 0.6 is 0 Å². The van der Waals surface area contributed by atoms with Crippen LogP contribution in [0.2, 0.25) is 0 Å². The van der Waals surface area contributed by atoms with E-state index >= 15 is 0 Å². The molecule has 3 N–H and O–H groups in total. The van der Waals surface area contributed by atoms with E-state index in [0.717, 1.165) is 31.5 Å². The van der Waals surface area contributed by atoms with Crippen LogP contribution in [0.4, 0.5) is 17.3 Å². The molecule has 5 rings (SSSR count). The van der Waals surface area contributed by atoms with Crippen LogP contribution in [0.5, 0.6) is 11.5 Å². The average Bonchev–Trinajstić information content (AvgIpc) is 2.92. The number of benzene rings is 1. The molecule has 4 aromatic rings. The Morgan fingerprint density at radius 3 is 2.56 bits per heavy atom. The van der Waals surface area contributed by atoms with Crippen molar-refractivity contribution in [3.63, 3.8) is 0 Å². The molecule has 0 bridgehead atoms. The lowest BCUT2D eigenvalue weighted by molar-refractivity contribution is -0.112. The number of carbonyl (C=O) groups is 1. The van der Waals surface area contributed by atoms with E-state index < -0.39 is 0 Å². The minimum absolute atomic E-state index is 0.272. The van der Waals surface area contributed by atoms with E-state index in [-0.39, 0.29) is 5.91 Å². The van der Waals surface area contributed by atoms with Crippen molar-refractivity contribution in [2.75, 3.05) is 23.7 Å². The molecule has 10 nitrogen and oxygen atoms in total. The van der Waals surface area contributed by atoms with E-state index in [2.05, 4.69) is 42.0 Å². The number of pyridine rings is 2. The number of ether oxygens (including phenoxy) is 1. The van der Waals surface area contributed by atoms with Gasteiger partial charge in [-0.25, -0.2) is 9.97 Å². The summed E-state index contributed by atoms with van der Waals surface area (Å²) in [6.45, 7) is 1.69. The predicted octanol–water partition coefficient (Wildman–Crippen LogP) is 4.08. The van der Waals surface area contributed by atoms with E-state index in [1.54, 1.807) is 61.2 Å². The number of hydrogen-bond donors (Lipinski definition) is 3. The number of rotatable bonds is 6. The smallest absolute Gasteiger partial charge is 0.248 e. The molecule has 1 amide bonds. The van der Waals surface area contributed by atoms with Gasteiger partial charge < -0.3 is 20.7 Å². The second kappa shape index (κ2) is 10.6. The van der Waals surface area contributed by atoms with Gasteiger partial charge in [0.1, 0.15) is 17.5 Å². The van der Waals surface area contributed by atoms with Gasteiger partial charge in [-0.2, -0.15) is 5.26 Å². The third-order valence-electron chi connectivity index (χ3n) is 5.63. The molecule has 0 spiro atoms. The van der Waals surface area contributed by atoms with Crippen molar-refractivity contribution >= 4 is 34.1 Å². The monoisotopic (exact) mass is 478 g/mol. The van der Waals surface area contributed by atoms with E-state index in [0.29, 0.717) is 45.3 Å². The zero-order chi connectivity index (χ0) is 24.7. The summed E-state index contributed by atoms with van der Waals surface area (Å²) in [7, 11) is 0. The van der Waals surface area contributed by atoms with Gasteiger partial charge >= 0.3 is 0 Å². The van der Waals surface area contributed by atoms with Crippen LogP contribution in [0.15, 0.2) is 73.0 Å². The van der Waals surface area contributed by atoms with Gasteiger partial charge in [-0.3, -0.25) is 14.8 Å². The highest BCUT2D eigenvalue weighted by molar-refractivity contribution is 6.10. The number of aromatic nitrogens is 4. The molecule has 0 atom stereocenters. The Balaban J connectivity index is 1.60. The maximum atomic E-state index is 13.0. The molecule has 1 aliphatic heterocycles. The summed E-state index contributed by atoms with van der Waals surface area (Å²) in [5.74, 6) is 1.02. The third-order valence-corrected chi connectivity index (χ3v) is 5.63. The Kier molecular flexibility index (Phi) is 6.73. The van der Waals surface area contributed by atoms with Gasteiger partial charge in [0, 0.05) is 42.4 Å². The fraction of sp³-hybridized carbons (Fsp3) is 0.154. The number of fused-ring (bicyclic) bond motifs is 1. The van der Waals surface area contributed by atoms with Gasteiger partial charge in [0.15, 0.2) is 5.75 Å². The van der Waals surface area contributed by atoms with Crippen LogP contribution in [0.25, 0.3) is 10.9 Å². The first-order chi connectivity index (χ1) is 17.7. The Labute approximate surface area is 207 Å². The standard InChI is InChI=1S/C26H22N8O2/c27-15-18-16-32-24-20(23(18)34-26-30-8-1-9-31-26)2-3-21(36-19-6-12-29-13-7-19)25(24)33-22(35)14-17-4-10-28-11-5-17/h1-3,6-9,12-14,16,28H,4-5,10-11H2,(H,33,35)(H,30,31,32,34). The summed E-state index contributed by atoms with van der Waals surface area (Å²) in [5, 5.41) is 19.7. The first kappa shape index (κ1) is 22.9. The second-order valence-corrected chi connectivity index (χ2v) is 8.02. The number of amides is 1. The number of nitriles is 1. The van der Waals surface area contributed by atoms with Crippen LogP contribution in [0, 0.1) is 11.3 Å². The Morgan fingerprint density at radius 2 is 1.81 bits per heavy atom. The van der Waals surface area contributed by atoms with E-state index in [4.69, 9.17) is 4.74 Å². The van der Waals surface area contributed by atoms with Gasteiger partial charge in [-0.15, -0.1) is 0 Å². The Morgan fingerprint density at radius 1 is 1.03 bits per heavy atom. The first-order valence-corrected chi connectivity index (χ1v) is 11.4. The van der Waals surface area contributed by atoms with Gasteiger partial charge in [-0.05, 0) is 56.3 Å². The molecule has 3 aromatic heterocycles. The lowest BCUT2D eigenvalue weighted by Crippen LogP contribution is -2.24. The summed E-state index contributed by atoms with van der Waals surface area (Å²) in [4.78, 5) is 30.0. The molecule has 1 saturated heterocycles. The molecular formula is C26H22N8O2. The summed E-state index contributed by atoms with van der Waals surface area (Å²) in [6, 6.07) is 10.8. The summed E-state index contributed by atoms with van der Waals surface area (Å²) in [6.07, 6.45) is 11.2. The molecular weight excluding hydrogens is 456 g/mol. The van der Waals surface area contributed by atoms with Crippen LogP contribution < -0.4 is 20.7 Å². The maximum Gasteiger partial charge on any atom is 0.248 e. The van der Waals surface area contributed by atoms with Crippen molar-refractivity contribution in [2.24, 2.45) is 0 Å². The van der Waals surface area contributed by atoms with Crippen LogP contribution in [0.1, 0.15) is 18.4 Å². The van der Waals surface area contributed by atoms with E-state index in [1.807, 2.05) is 0 Å². The van der Waals surface area contributed by atoms with Gasteiger partial charge in [0.2, 0.25) is 11.9 Å². The van der Waals surface area contributed by atoms with Crippen molar-refractivity contribution in [2.45, 2.75) is 12.8 Å². The van der Waals surface area contributed by atoms with Crippen LogP contribution in [0.3, 0.4) is 0 Å². The Hall–Kier alpha value is -4.88. The lowest BCUT2D eigenvalue weighted by atomic mass is 10.0. The summed E-state index contributed by atoms with van der Waals surface area (Å²) >= 11 is 0. The van der Waals surface area contributed by atoms with Crippen molar-refractivity contribution in [3.8, 4) is 17.6 Å². The SMILES string of the molecule is N#Cc1cnc2c(NC(=O)C=C3CCNCC3)c(Oc3ccncc3)ccc2c1Nc1ncccn1. The number of nitrogens with zero attached hydrogens (tertiary/aromatic N) is 5. The van der Waals surface area contributed by atoms with Gasteiger partial charge in [0.25, 0.3) is 0 Å². The van der Waals surface area contributed by atoms with Crippen molar-refractivity contribution in [3.05, 3.63) is 78.5 Å². The number of carbonyl (C=O) groups excluding carboxylic acids is 1. The molecule has 36 heavy (non-hydrogen) atoms. The first-order valence-electron chi connectivity index (χ1n) is 11.4. The van der Waals surface area contributed by atoms with Crippen molar-refractivity contribution < 1.29 is 9.53 Å². The largest absolute Gasteiger partial charge is 0.455 e. The second-order valence-electron chi connectivity index (χ2n) is 8.02. The highest BCUT2D eigenvalue weighted by Crippen LogP contribution is 2.39. The maximum absolute atomic E-state index is 13.0. The molecule has 1 aliphatic rings. The van der Waals surface area contributed by atoms with Crippen LogP contribution in [-0.2, 0) is 4.79 Å². The van der Waals surface area contributed by atoms with E-state index in [9.17, 15) is 10.1 Å². The molecule has 4 heterocycles. The molecule has 178 valence electrons. The zero-order valence-electron chi connectivity index (χ0n) is 19.2. The molecule has 0 unspecified atom stereocenters. The topological polar surface area (TPSA) is 138 Å². The highest BCUT2D eigenvalue weighted by atomic mass is 16.5. The molecule has 1 aromatic carbocycles. The number of piperidine rings is 1. The fourth-order valence-electron chi connectivity index (χ4n) is 3.92. The minimum atomic E-state index is -0.272. The Bertz CT molecular complexity index is 1460. The molecule has 10 heteroatoms. The van der Waals surface area contributed by atoms with Crippen LogP contribution in [-0.4, -0.2) is 38.9 Å². The fourth-order valence-corrected chi connectivity index (χ4v) is 3.92. The zero-order valence-corrected chi connectivity index (χ0v) is 19.2. The third kappa shape index (κ3) is 5.11. The van der Waals surface area contributed by atoms with Crippen molar-refractivity contribution in [1.29, 1.82) is 5.26 Å². The van der Waals surface area contributed by atoms with Gasteiger partial charge in [0.05, 0.1) is 16.8 Å². The molecule has 0 aliphatic carbocycles. The quantitative estimate of drug-likeness (QED) is 0.350. The molecule has 0 radical (unpaired) electrons. The molecule has 1 fully saturated rings. The number of anilines is 3. The molecule has 0 saturated carbocycles. The highest BCUT2D eigenvalue weighted by Gasteiger charge is 2.19. The summed E-state index contributed by atoms with van der Waals surface area (Å²) in [5.41, 5.74) is 2.72. The number of hydrogen-bond acceptors (Lipinski definition) is 9. The number of nitrogens with one attached hydrogen (secondary N) is 3. The average molecular weight is 479 g/mol. The van der Waals surface area contributed by atoms with Gasteiger partial charge in [-0.1, -0.05) is 5.57 Å². The summed E-state index contributed by atoms with van der Waals surface area (Å²) < 4.78 is 6.09. The van der Waals surface area contributed by atoms with Crippen molar-refractivity contribution in [1.82, 2.24) is 25.3 Å². The minimum Gasteiger partial charge on any atom is -0.455 e. The normalized spacial score (nSPS) is 13.0. The lowest BCUT2D eigenvalue weighted by Gasteiger charge is -2.17. The predicted molar refractivity (Wildman–Crippen MR) is 135 cm³/mol.